The second kappa shape index (κ2) is 5.33. The van der Waals surface area contributed by atoms with E-state index in [2.05, 4.69) is 78.5 Å². The molecule has 2 aromatic carbocycles. The van der Waals surface area contributed by atoms with E-state index >= 15 is 0 Å². The second-order valence-electron chi connectivity index (χ2n) is 6.21. The first-order chi connectivity index (χ1) is 10.1. The third kappa shape index (κ3) is 2.69. The highest BCUT2D eigenvalue weighted by molar-refractivity contribution is 6.75. The quantitative estimate of drug-likeness (QED) is 0.628. The van der Waals surface area contributed by atoms with Crippen molar-refractivity contribution in [1.82, 2.24) is 9.22 Å². The number of rotatable bonds is 3. The van der Waals surface area contributed by atoms with Crippen LogP contribution in [-0.4, -0.2) is 17.5 Å². The smallest absolute Gasteiger partial charge is 0.154 e. The lowest BCUT2D eigenvalue weighted by Gasteiger charge is -2.22. The van der Waals surface area contributed by atoms with Crippen LogP contribution in [0.15, 0.2) is 67.0 Å². The Kier molecular flexibility index (Phi) is 3.51. The highest BCUT2D eigenvalue weighted by atomic mass is 28.3. The Labute approximate surface area is 127 Å². The molecule has 0 atom stereocenters. The summed E-state index contributed by atoms with van der Waals surface area (Å²) in [5.74, 6) is 0. The minimum absolute atomic E-state index is 1.07. The average molecular weight is 292 g/mol. The maximum absolute atomic E-state index is 4.73. The zero-order valence-corrected chi connectivity index (χ0v) is 13.7. The fraction of sp³-hybridized carbons (Fsp3) is 0.167. The van der Waals surface area contributed by atoms with Crippen LogP contribution in [0, 0.1) is 0 Å². The van der Waals surface area contributed by atoms with Crippen LogP contribution in [0.4, 0.5) is 0 Å². The predicted octanol–water partition coefficient (Wildman–Crippen LogP) is 4.90. The van der Waals surface area contributed by atoms with Crippen LogP contribution in [0.3, 0.4) is 0 Å². The van der Waals surface area contributed by atoms with E-state index in [1.807, 2.05) is 12.4 Å². The van der Waals surface area contributed by atoms with Crippen molar-refractivity contribution < 1.29 is 0 Å². The minimum Gasteiger partial charge on any atom is -0.358 e. The lowest BCUT2D eigenvalue weighted by Crippen LogP contribution is -2.31. The molecule has 21 heavy (non-hydrogen) atoms. The molecule has 0 aliphatic rings. The van der Waals surface area contributed by atoms with Crippen LogP contribution in [0.2, 0.25) is 19.6 Å². The van der Waals surface area contributed by atoms with Crippen LogP contribution in [0.5, 0.6) is 0 Å². The standard InChI is InChI=1S/C18H20N2Si/c1-21(2,3)20-14-19-17(15-10-6-4-7-11-15)18(20)16-12-8-5-9-13-16/h4-14H,1-3H3. The number of nitrogens with zero attached hydrogens (tertiary/aromatic N) is 2. The Morgan fingerprint density at radius 3 is 1.81 bits per heavy atom. The van der Waals surface area contributed by atoms with Crippen molar-refractivity contribution in [1.29, 1.82) is 0 Å². The van der Waals surface area contributed by atoms with E-state index in [0.29, 0.717) is 0 Å². The molecule has 3 rings (SSSR count). The van der Waals surface area contributed by atoms with Gasteiger partial charge in [-0.1, -0.05) is 80.3 Å². The predicted molar refractivity (Wildman–Crippen MR) is 91.8 cm³/mol. The van der Waals surface area contributed by atoms with Gasteiger partial charge in [-0.2, -0.15) is 0 Å². The van der Waals surface area contributed by atoms with Gasteiger partial charge in [0.15, 0.2) is 8.24 Å². The number of hydrogen-bond acceptors (Lipinski definition) is 1. The third-order valence-electron chi connectivity index (χ3n) is 3.58. The van der Waals surface area contributed by atoms with E-state index in [1.54, 1.807) is 0 Å². The van der Waals surface area contributed by atoms with Crippen molar-refractivity contribution >= 4 is 8.24 Å². The summed E-state index contributed by atoms with van der Waals surface area (Å²) in [4.78, 5) is 4.73. The summed E-state index contributed by atoms with van der Waals surface area (Å²) in [6, 6.07) is 21.0. The van der Waals surface area contributed by atoms with Gasteiger partial charge in [-0.15, -0.1) is 0 Å². The Balaban J connectivity index is 2.26. The summed E-state index contributed by atoms with van der Waals surface area (Å²) in [6.45, 7) is 7.03. The van der Waals surface area contributed by atoms with Crippen LogP contribution in [-0.2, 0) is 0 Å². The maximum atomic E-state index is 4.73. The Hall–Kier alpha value is -2.13. The zero-order valence-electron chi connectivity index (χ0n) is 12.7. The molecule has 0 aliphatic carbocycles. The first-order valence-corrected chi connectivity index (χ1v) is 10.7. The van der Waals surface area contributed by atoms with E-state index in [1.165, 1.54) is 16.8 Å². The fourth-order valence-corrected chi connectivity index (χ4v) is 3.85. The monoisotopic (exact) mass is 292 g/mol. The molecule has 0 spiro atoms. The lowest BCUT2D eigenvalue weighted by atomic mass is 10.1. The topological polar surface area (TPSA) is 17.8 Å². The van der Waals surface area contributed by atoms with Gasteiger partial charge in [-0.3, -0.25) is 0 Å². The molecule has 2 nitrogen and oxygen atoms in total. The minimum atomic E-state index is -1.52. The summed E-state index contributed by atoms with van der Waals surface area (Å²) in [6.07, 6.45) is 2.01. The zero-order chi connectivity index (χ0) is 14.9. The normalized spacial score (nSPS) is 11.6. The maximum Gasteiger partial charge on any atom is 0.154 e. The van der Waals surface area contributed by atoms with Crippen molar-refractivity contribution in [3.8, 4) is 22.5 Å². The summed E-state index contributed by atoms with van der Waals surface area (Å²) in [5, 5.41) is 0. The molecule has 1 heterocycles. The number of imidazole rings is 1. The van der Waals surface area contributed by atoms with Gasteiger partial charge >= 0.3 is 0 Å². The van der Waals surface area contributed by atoms with Gasteiger partial charge in [0.05, 0.1) is 17.7 Å². The molecular weight excluding hydrogens is 272 g/mol. The first-order valence-electron chi connectivity index (χ1n) is 7.26. The van der Waals surface area contributed by atoms with Gasteiger partial charge in [0.2, 0.25) is 0 Å². The summed E-state index contributed by atoms with van der Waals surface area (Å²) < 4.78 is 2.39. The van der Waals surface area contributed by atoms with Crippen LogP contribution in [0.25, 0.3) is 22.5 Å². The molecule has 0 bridgehead atoms. The Morgan fingerprint density at radius 1 is 0.762 bits per heavy atom. The van der Waals surface area contributed by atoms with Crippen molar-refractivity contribution in [2.24, 2.45) is 0 Å². The van der Waals surface area contributed by atoms with Crippen molar-refractivity contribution in [3.63, 3.8) is 0 Å². The van der Waals surface area contributed by atoms with Crippen molar-refractivity contribution in [3.05, 3.63) is 67.0 Å². The molecule has 0 saturated carbocycles. The van der Waals surface area contributed by atoms with Gasteiger partial charge in [0.25, 0.3) is 0 Å². The molecule has 0 radical (unpaired) electrons. The van der Waals surface area contributed by atoms with Crippen molar-refractivity contribution in [2.45, 2.75) is 19.6 Å². The summed E-state index contributed by atoms with van der Waals surface area (Å²) in [5.41, 5.74) is 4.72. The number of benzene rings is 2. The molecule has 1 aromatic heterocycles. The van der Waals surface area contributed by atoms with Crippen molar-refractivity contribution in [2.75, 3.05) is 0 Å². The lowest BCUT2D eigenvalue weighted by molar-refractivity contribution is 1.13. The highest BCUT2D eigenvalue weighted by Gasteiger charge is 2.23. The van der Waals surface area contributed by atoms with E-state index in [0.717, 1.165) is 5.69 Å². The number of hydrogen-bond donors (Lipinski definition) is 0. The van der Waals surface area contributed by atoms with E-state index in [4.69, 9.17) is 4.98 Å². The Bertz CT molecular complexity index is 725. The largest absolute Gasteiger partial charge is 0.358 e. The Morgan fingerprint density at radius 2 is 1.29 bits per heavy atom. The summed E-state index contributed by atoms with van der Waals surface area (Å²) in [7, 11) is -1.52. The molecule has 3 aromatic rings. The van der Waals surface area contributed by atoms with Crippen LogP contribution < -0.4 is 0 Å². The molecule has 0 unspecified atom stereocenters. The van der Waals surface area contributed by atoms with E-state index in [9.17, 15) is 0 Å². The third-order valence-corrected chi connectivity index (χ3v) is 5.37. The average Bonchev–Trinajstić information content (AvgIpc) is 2.94. The molecule has 106 valence electrons. The number of aromatic nitrogens is 2. The molecule has 0 N–H and O–H groups in total. The molecule has 0 saturated heterocycles. The second-order valence-corrected chi connectivity index (χ2v) is 11.0. The molecule has 0 amide bonds. The van der Waals surface area contributed by atoms with E-state index in [-0.39, 0.29) is 0 Å². The van der Waals surface area contributed by atoms with Gasteiger partial charge in [-0.25, -0.2) is 4.98 Å². The van der Waals surface area contributed by atoms with Gasteiger partial charge in [0, 0.05) is 5.56 Å². The first kappa shape index (κ1) is 13.8. The molecule has 0 fully saturated rings. The highest BCUT2D eigenvalue weighted by Crippen LogP contribution is 2.32. The fourth-order valence-electron chi connectivity index (χ4n) is 2.54. The summed E-state index contributed by atoms with van der Waals surface area (Å²) >= 11 is 0. The van der Waals surface area contributed by atoms with Crippen LogP contribution >= 0.6 is 0 Å². The SMILES string of the molecule is C[Si](C)(C)n1cnc(-c2ccccc2)c1-c1ccccc1. The van der Waals surface area contributed by atoms with Crippen LogP contribution in [0.1, 0.15) is 0 Å². The molecule has 3 heteroatoms. The molecule has 0 aliphatic heterocycles. The molecular formula is C18H20N2Si. The van der Waals surface area contributed by atoms with E-state index < -0.39 is 8.24 Å². The van der Waals surface area contributed by atoms with Gasteiger partial charge in [0.1, 0.15) is 0 Å². The van der Waals surface area contributed by atoms with Gasteiger partial charge < -0.3 is 4.23 Å². The van der Waals surface area contributed by atoms with Gasteiger partial charge in [-0.05, 0) is 5.56 Å².